The van der Waals surface area contributed by atoms with E-state index in [1.54, 1.807) is 16.8 Å². The van der Waals surface area contributed by atoms with Crippen LogP contribution in [0.15, 0.2) is 36.4 Å². The van der Waals surface area contributed by atoms with E-state index in [9.17, 15) is 13.2 Å². The average molecular weight is 412 g/mol. The zero-order valence-corrected chi connectivity index (χ0v) is 15.7. The molecule has 1 aromatic heterocycles. The SMILES string of the molecule is Cc1cc(Cl)ccc1-n1nc(-c2ccc(Cl)c(C(F)(F)F)c2)c2c1NCC2. The Morgan fingerprint density at radius 1 is 1.11 bits per heavy atom. The van der Waals surface area contributed by atoms with E-state index in [0.29, 0.717) is 29.2 Å². The van der Waals surface area contributed by atoms with Gasteiger partial charge in [-0.3, -0.25) is 0 Å². The van der Waals surface area contributed by atoms with Crippen LogP contribution in [0.5, 0.6) is 0 Å². The lowest BCUT2D eigenvalue weighted by atomic mass is 10.0. The number of benzene rings is 2. The van der Waals surface area contributed by atoms with Crippen LogP contribution in [0.1, 0.15) is 16.7 Å². The zero-order valence-electron chi connectivity index (χ0n) is 14.2. The summed E-state index contributed by atoms with van der Waals surface area (Å²) in [6.45, 7) is 2.61. The van der Waals surface area contributed by atoms with Gasteiger partial charge in [0.2, 0.25) is 0 Å². The summed E-state index contributed by atoms with van der Waals surface area (Å²) in [5.41, 5.74) is 2.67. The summed E-state index contributed by atoms with van der Waals surface area (Å²) in [5, 5.41) is 8.18. The summed E-state index contributed by atoms with van der Waals surface area (Å²) in [6.07, 6.45) is -3.84. The molecule has 3 aromatic rings. The highest BCUT2D eigenvalue weighted by Gasteiger charge is 2.34. The van der Waals surface area contributed by atoms with Crippen LogP contribution >= 0.6 is 23.2 Å². The second-order valence-corrected chi connectivity index (χ2v) is 7.23. The highest BCUT2D eigenvalue weighted by molar-refractivity contribution is 6.31. The predicted molar refractivity (Wildman–Crippen MR) is 101 cm³/mol. The molecule has 140 valence electrons. The van der Waals surface area contributed by atoms with Crippen molar-refractivity contribution in [1.82, 2.24) is 9.78 Å². The largest absolute Gasteiger partial charge is 0.417 e. The molecule has 0 saturated carbocycles. The Hall–Kier alpha value is -2.18. The predicted octanol–water partition coefficient (Wildman–Crippen LogP) is 6.14. The number of aromatic nitrogens is 2. The van der Waals surface area contributed by atoms with Gasteiger partial charge in [0.15, 0.2) is 0 Å². The molecule has 0 saturated heterocycles. The smallest absolute Gasteiger partial charge is 0.369 e. The van der Waals surface area contributed by atoms with E-state index >= 15 is 0 Å². The summed E-state index contributed by atoms with van der Waals surface area (Å²) in [6, 6.07) is 9.32. The maximum absolute atomic E-state index is 13.2. The molecule has 2 aromatic carbocycles. The van der Waals surface area contributed by atoms with Crippen molar-refractivity contribution in [3.63, 3.8) is 0 Å². The first-order valence-corrected chi connectivity index (χ1v) is 9.00. The van der Waals surface area contributed by atoms with E-state index in [-0.39, 0.29) is 5.02 Å². The van der Waals surface area contributed by atoms with Crippen molar-refractivity contribution < 1.29 is 13.2 Å². The summed E-state index contributed by atoms with van der Waals surface area (Å²) < 4.78 is 41.5. The maximum atomic E-state index is 13.2. The lowest BCUT2D eigenvalue weighted by Gasteiger charge is -2.11. The van der Waals surface area contributed by atoms with Gasteiger partial charge < -0.3 is 5.32 Å². The zero-order chi connectivity index (χ0) is 19.3. The van der Waals surface area contributed by atoms with Crippen LogP contribution in [-0.4, -0.2) is 16.3 Å². The van der Waals surface area contributed by atoms with Gasteiger partial charge in [-0.1, -0.05) is 29.3 Å². The quantitative estimate of drug-likeness (QED) is 0.548. The molecule has 8 heteroatoms. The van der Waals surface area contributed by atoms with Crippen LogP contribution in [0.25, 0.3) is 16.9 Å². The Morgan fingerprint density at radius 2 is 1.89 bits per heavy atom. The highest BCUT2D eigenvalue weighted by atomic mass is 35.5. The molecule has 0 aliphatic carbocycles. The average Bonchev–Trinajstić information content (AvgIpc) is 3.17. The first-order chi connectivity index (χ1) is 12.8. The van der Waals surface area contributed by atoms with E-state index < -0.39 is 11.7 Å². The van der Waals surface area contributed by atoms with E-state index in [2.05, 4.69) is 10.4 Å². The van der Waals surface area contributed by atoms with E-state index in [4.69, 9.17) is 23.2 Å². The van der Waals surface area contributed by atoms with Gasteiger partial charge in [-0.05, 0) is 49.2 Å². The summed E-state index contributed by atoms with van der Waals surface area (Å²) in [5.74, 6) is 0.791. The van der Waals surface area contributed by atoms with Gasteiger partial charge in [-0.2, -0.15) is 18.3 Å². The highest BCUT2D eigenvalue weighted by Crippen LogP contribution is 2.40. The summed E-state index contributed by atoms with van der Waals surface area (Å²) >= 11 is 11.8. The Morgan fingerprint density at radius 3 is 2.59 bits per heavy atom. The fraction of sp³-hybridized carbons (Fsp3) is 0.211. The number of nitrogens with one attached hydrogen (secondary N) is 1. The minimum Gasteiger partial charge on any atom is -0.369 e. The Kier molecular flexibility index (Phi) is 4.35. The normalized spacial score (nSPS) is 13.6. The summed E-state index contributed by atoms with van der Waals surface area (Å²) in [7, 11) is 0. The van der Waals surface area contributed by atoms with Crippen molar-refractivity contribution in [3.05, 3.63) is 63.1 Å². The standard InChI is InChI=1S/C19H14Cl2F3N3/c1-10-8-12(20)3-5-16(10)27-18-13(6-7-25-18)17(26-27)11-2-4-15(21)14(9-11)19(22,23)24/h2-5,8-9,25H,6-7H2,1H3. The summed E-state index contributed by atoms with van der Waals surface area (Å²) in [4.78, 5) is 0. The molecule has 27 heavy (non-hydrogen) atoms. The minimum absolute atomic E-state index is 0.325. The molecule has 1 N–H and O–H groups in total. The van der Waals surface area contributed by atoms with Crippen molar-refractivity contribution >= 4 is 29.0 Å². The molecule has 0 radical (unpaired) electrons. The van der Waals surface area contributed by atoms with Crippen LogP contribution < -0.4 is 5.32 Å². The lowest BCUT2D eigenvalue weighted by Crippen LogP contribution is -2.07. The molecular weight excluding hydrogens is 398 g/mol. The second-order valence-electron chi connectivity index (χ2n) is 6.39. The van der Waals surface area contributed by atoms with Crippen molar-refractivity contribution in [3.8, 4) is 16.9 Å². The molecule has 0 atom stereocenters. The number of alkyl halides is 3. The van der Waals surface area contributed by atoms with Gasteiger partial charge in [0, 0.05) is 22.7 Å². The fourth-order valence-corrected chi connectivity index (χ4v) is 3.78. The van der Waals surface area contributed by atoms with Gasteiger partial charge in [0.25, 0.3) is 0 Å². The van der Waals surface area contributed by atoms with E-state index in [1.165, 1.54) is 6.07 Å². The Balaban J connectivity index is 1.89. The molecule has 1 aliphatic rings. The first-order valence-electron chi connectivity index (χ1n) is 8.25. The number of aryl methyl sites for hydroxylation is 1. The van der Waals surface area contributed by atoms with Gasteiger partial charge in [-0.15, -0.1) is 0 Å². The number of hydrogen-bond donors (Lipinski definition) is 1. The Labute approximate surface area is 163 Å². The monoisotopic (exact) mass is 411 g/mol. The van der Waals surface area contributed by atoms with Gasteiger partial charge >= 0.3 is 6.18 Å². The third-order valence-corrected chi connectivity index (χ3v) is 5.15. The fourth-order valence-electron chi connectivity index (χ4n) is 3.33. The first kappa shape index (κ1) is 18.2. The molecule has 3 nitrogen and oxygen atoms in total. The van der Waals surface area contributed by atoms with E-state index in [1.807, 2.05) is 19.1 Å². The van der Waals surface area contributed by atoms with Gasteiger partial charge in [-0.25, -0.2) is 4.68 Å². The molecule has 0 bridgehead atoms. The van der Waals surface area contributed by atoms with Crippen LogP contribution in [-0.2, 0) is 12.6 Å². The van der Waals surface area contributed by atoms with E-state index in [0.717, 1.165) is 28.7 Å². The van der Waals surface area contributed by atoms with Crippen molar-refractivity contribution in [2.24, 2.45) is 0 Å². The van der Waals surface area contributed by atoms with Gasteiger partial charge in [0.1, 0.15) is 5.82 Å². The topological polar surface area (TPSA) is 29.9 Å². The lowest BCUT2D eigenvalue weighted by molar-refractivity contribution is -0.137. The third kappa shape index (κ3) is 3.17. The second kappa shape index (κ2) is 6.46. The van der Waals surface area contributed by atoms with Crippen LogP contribution in [0.2, 0.25) is 10.0 Å². The van der Waals surface area contributed by atoms with Gasteiger partial charge in [0.05, 0.1) is 22.0 Å². The molecule has 0 fully saturated rings. The number of hydrogen-bond acceptors (Lipinski definition) is 2. The maximum Gasteiger partial charge on any atom is 0.417 e. The molecule has 1 aliphatic heterocycles. The molecular formula is C19H14Cl2F3N3. The van der Waals surface area contributed by atoms with Crippen LogP contribution in [0.4, 0.5) is 19.0 Å². The number of halogens is 5. The van der Waals surface area contributed by atoms with Crippen molar-refractivity contribution in [2.45, 2.75) is 19.5 Å². The number of fused-ring (bicyclic) bond motifs is 1. The number of rotatable bonds is 2. The number of anilines is 1. The van der Waals surface area contributed by atoms with Crippen molar-refractivity contribution in [1.29, 1.82) is 0 Å². The molecule has 0 spiro atoms. The Bertz CT molecular complexity index is 1040. The molecule has 0 amide bonds. The van der Waals surface area contributed by atoms with Crippen LogP contribution in [0, 0.1) is 6.92 Å². The van der Waals surface area contributed by atoms with Crippen molar-refractivity contribution in [2.75, 3.05) is 11.9 Å². The molecule has 2 heterocycles. The third-order valence-electron chi connectivity index (χ3n) is 4.58. The molecule has 0 unspecified atom stereocenters. The molecule has 4 rings (SSSR count). The minimum atomic E-state index is -4.52. The number of nitrogens with zero attached hydrogens (tertiary/aromatic N) is 2. The van der Waals surface area contributed by atoms with Crippen LogP contribution in [0.3, 0.4) is 0 Å².